The predicted molar refractivity (Wildman–Crippen MR) is 61.6 cm³/mol. The molecular formula is C11H17BrN2. The maximum Gasteiger partial charge on any atom is 0.0521 e. The lowest BCUT2D eigenvalue weighted by molar-refractivity contribution is 0.368. The topological polar surface area (TPSA) is 17.8 Å². The summed E-state index contributed by atoms with van der Waals surface area (Å²) in [5.74, 6) is 0.859. The molecular weight excluding hydrogens is 240 g/mol. The number of aryl methyl sites for hydroxylation is 1. The fourth-order valence-corrected chi connectivity index (χ4v) is 3.17. The number of hydrogen-bond acceptors (Lipinski definition) is 1. The maximum atomic E-state index is 4.21. The number of aromatic nitrogens is 2. The molecule has 2 rings (SSSR count). The van der Waals surface area contributed by atoms with E-state index in [-0.39, 0.29) is 0 Å². The average molecular weight is 257 g/mol. The Balaban J connectivity index is 1.90. The molecule has 2 nitrogen and oxygen atoms in total. The monoisotopic (exact) mass is 256 g/mol. The fourth-order valence-electron chi connectivity index (χ4n) is 2.32. The molecule has 0 aromatic carbocycles. The number of halogens is 1. The third kappa shape index (κ3) is 2.59. The van der Waals surface area contributed by atoms with Crippen LogP contribution in [0.3, 0.4) is 0 Å². The highest BCUT2D eigenvalue weighted by Crippen LogP contribution is 2.30. The van der Waals surface area contributed by atoms with E-state index >= 15 is 0 Å². The molecule has 1 aromatic heterocycles. The summed E-state index contributed by atoms with van der Waals surface area (Å²) in [5.41, 5.74) is 1.39. The molecule has 1 aromatic rings. The normalized spacial score (nSPS) is 27.9. The van der Waals surface area contributed by atoms with Crippen molar-refractivity contribution in [2.24, 2.45) is 13.0 Å². The lowest BCUT2D eigenvalue weighted by Gasteiger charge is -2.25. The van der Waals surface area contributed by atoms with Crippen LogP contribution in [0.2, 0.25) is 0 Å². The molecule has 0 bridgehead atoms. The van der Waals surface area contributed by atoms with Gasteiger partial charge in [-0.05, 0) is 30.7 Å². The summed E-state index contributed by atoms with van der Waals surface area (Å²) in [6.45, 7) is 0. The third-order valence-corrected chi connectivity index (χ3v) is 3.83. The number of alkyl halides is 1. The smallest absolute Gasteiger partial charge is 0.0521 e. The minimum Gasteiger partial charge on any atom is -0.276 e. The molecule has 1 saturated carbocycles. The molecule has 1 aliphatic rings. The Labute approximate surface area is 93.8 Å². The molecule has 0 aliphatic heterocycles. The summed E-state index contributed by atoms with van der Waals surface area (Å²) in [6, 6.07) is 0. The van der Waals surface area contributed by atoms with E-state index < -0.39 is 0 Å². The second-order valence-electron chi connectivity index (χ2n) is 4.36. The van der Waals surface area contributed by atoms with E-state index in [0.29, 0.717) is 0 Å². The molecule has 0 radical (unpaired) electrons. The van der Waals surface area contributed by atoms with E-state index in [2.05, 4.69) is 27.2 Å². The first-order valence-electron chi connectivity index (χ1n) is 5.35. The standard InChI is InChI=1S/C11H17BrN2/c1-14-8-10(7-13-14)5-9-3-2-4-11(12)6-9/h7-9,11H,2-6H2,1H3. The maximum absolute atomic E-state index is 4.21. The van der Waals surface area contributed by atoms with Crippen LogP contribution < -0.4 is 0 Å². The van der Waals surface area contributed by atoms with E-state index in [9.17, 15) is 0 Å². The van der Waals surface area contributed by atoms with Crippen LogP contribution in [0.15, 0.2) is 12.4 Å². The second-order valence-corrected chi connectivity index (χ2v) is 5.65. The first-order valence-corrected chi connectivity index (χ1v) is 6.27. The Morgan fingerprint density at radius 2 is 2.43 bits per heavy atom. The van der Waals surface area contributed by atoms with Crippen molar-refractivity contribution >= 4 is 15.9 Å². The molecule has 14 heavy (non-hydrogen) atoms. The molecule has 2 unspecified atom stereocenters. The van der Waals surface area contributed by atoms with Crippen molar-refractivity contribution in [3.8, 4) is 0 Å². The van der Waals surface area contributed by atoms with E-state index in [1.807, 2.05) is 17.9 Å². The van der Waals surface area contributed by atoms with Gasteiger partial charge in [-0.15, -0.1) is 0 Å². The van der Waals surface area contributed by atoms with Crippen LogP contribution in [0.1, 0.15) is 31.2 Å². The molecule has 0 N–H and O–H groups in total. The molecule has 0 saturated heterocycles. The van der Waals surface area contributed by atoms with Crippen molar-refractivity contribution in [2.75, 3.05) is 0 Å². The van der Waals surface area contributed by atoms with Crippen LogP contribution in [0.5, 0.6) is 0 Å². The second kappa shape index (κ2) is 4.47. The van der Waals surface area contributed by atoms with Crippen molar-refractivity contribution in [3.63, 3.8) is 0 Å². The van der Waals surface area contributed by atoms with Gasteiger partial charge in [0.15, 0.2) is 0 Å². The number of nitrogens with zero attached hydrogens (tertiary/aromatic N) is 2. The van der Waals surface area contributed by atoms with Crippen LogP contribution >= 0.6 is 15.9 Å². The van der Waals surface area contributed by atoms with Crippen LogP contribution in [0, 0.1) is 5.92 Å². The molecule has 0 amide bonds. The Hall–Kier alpha value is -0.310. The molecule has 3 heteroatoms. The lowest BCUT2D eigenvalue weighted by Crippen LogP contribution is -2.16. The summed E-state index contributed by atoms with van der Waals surface area (Å²) in [5, 5.41) is 4.21. The molecule has 2 atom stereocenters. The van der Waals surface area contributed by atoms with Gasteiger partial charge in [0, 0.05) is 18.1 Å². The highest BCUT2D eigenvalue weighted by molar-refractivity contribution is 9.09. The van der Waals surface area contributed by atoms with Gasteiger partial charge in [0.1, 0.15) is 0 Å². The largest absolute Gasteiger partial charge is 0.276 e. The van der Waals surface area contributed by atoms with Gasteiger partial charge in [-0.3, -0.25) is 4.68 Å². The summed E-state index contributed by atoms with van der Waals surface area (Å²) < 4.78 is 1.89. The Morgan fingerprint density at radius 1 is 1.57 bits per heavy atom. The van der Waals surface area contributed by atoms with E-state index in [0.717, 1.165) is 10.7 Å². The fraction of sp³-hybridized carbons (Fsp3) is 0.727. The first-order chi connectivity index (χ1) is 6.74. The summed E-state index contributed by atoms with van der Waals surface area (Å²) in [6.07, 6.45) is 10.8. The van der Waals surface area contributed by atoms with Crippen LogP contribution in [0.25, 0.3) is 0 Å². The number of rotatable bonds is 2. The predicted octanol–water partition coefficient (Wildman–Crippen LogP) is 2.92. The zero-order chi connectivity index (χ0) is 9.97. The quantitative estimate of drug-likeness (QED) is 0.745. The van der Waals surface area contributed by atoms with Gasteiger partial charge in [-0.2, -0.15) is 5.10 Å². The SMILES string of the molecule is Cn1cc(CC2CCCC(Br)C2)cn1. The highest BCUT2D eigenvalue weighted by atomic mass is 79.9. The van der Waals surface area contributed by atoms with Gasteiger partial charge in [0.25, 0.3) is 0 Å². The zero-order valence-corrected chi connectivity index (χ0v) is 10.2. The van der Waals surface area contributed by atoms with Gasteiger partial charge in [-0.1, -0.05) is 28.8 Å². The minimum atomic E-state index is 0.748. The summed E-state index contributed by atoms with van der Waals surface area (Å²) in [4.78, 5) is 0.748. The van der Waals surface area contributed by atoms with Gasteiger partial charge in [0.05, 0.1) is 6.20 Å². The first kappa shape index (κ1) is 10.2. The summed E-state index contributed by atoms with van der Waals surface area (Å²) >= 11 is 3.73. The lowest BCUT2D eigenvalue weighted by atomic mass is 9.85. The van der Waals surface area contributed by atoms with Crippen molar-refractivity contribution < 1.29 is 0 Å². The summed E-state index contributed by atoms with van der Waals surface area (Å²) in [7, 11) is 1.98. The van der Waals surface area contributed by atoms with Crippen molar-refractivity contribution in [3.05, 3.63) is 18.0 Å². The molecule has 1 fully saturated rings. The Morgan fingerprint density at radius 3 is 3.07 bits per heavy atom. The van der Waals surface area contributed by atoms with E-state index in [1.54, 1.807) is 0 Å². The Bertz CT molecular complexity index is 295. The molecule has 1 aliphatic carbocycles. The average Bonchev–Trinajstić information content (AvgIpc) is 2.51. The highest BCUT2D eigenvalue weighted by Gasteiger charge is 2.20. The molecule has 0 spiro atoms. The third-order valence-electron chi connectivity index (χ3n) is 3.00. The van der Waals surface area contributed by atoms with E-state index in [1.165, 1.54) is 37.7 Å². The van der Waals surface area contributed by atoms with Gasteiger partial charge in [-0.25, -0.2) is 0 Å². The Kier molecular flexibility index (Phi) is 3.26. The zero-order valence-electron chi connectivity index (χ0n) is 8.62. The van der Waals surface area contributed by atoms with Gasteiger partial charge >= 0.3 is 0 Å². The van der Waals surface area contributed by atoms with Gasteiger partial charge < -0.3 is 0 Å². The van der Waals surface area contributed by atoms with Gasteiger partial charge in [0.2, 0.25) is 0 Å². The van der Waals surface area contributed by atoms with Crippen LogP contribution in [0.4, 0.5) is 0 Å². The molecule has 1 heterocycles. The minimum absolute atomic E-state index is 0.748. The molecule has 78 valence electrons. The van der Waals surface area contributed by atoms with Crippen molar-refractivity contribution in [1.29, 1.82) is 0 Å². The van der Waals surface area contributed by atoms with Crippen molar-refractivity contribution in [1.82, 2.24) is 9.78 Å². The number of hydrogen-bond donors (Lipinski definition) is 0. The van der Waals surface area contributed by atoms with Crippen molar-refractivity contribution in [2.45, 2.75) is 36.9 Å². The van der Waals surface area contributed by atoms with Crippen LogP contribution in [-0.4, -0.2) is 14.6 Å². The van der Waals surface area contributed by atoms with E-state index in [4.69, 9.17) is 0 Å². The van der Waals surface area contributed by atoms with Crippen LogP contribution in [-0.2, 0) is 13.5 Å².